The van der Waals surface area contributed by atoms with E-state index in [4.69, 9.17) is 0 Å². The van der Waals surface area contributed by atoms with E-state index in [1.165, 1.54) is 6.08 Å². The zero-order valence-electron chi connectivity index (χ0n) is 26.7. The maximum absolute atomic E-state index is 15.2. The maximum Gasteiger partial charge on any atom is 0.259 e. The highest BCUT2D eigenvalue weighted by atomic mass is 127. The van der Waals surface area contributed by atoms with E-state index in [0.717, 1.165) is 42.2 Å². The van der Waals surface area contributed by atoms with Crippen molar-refractivity contribution in [2.24, 2.45) is 13.0 Å². The number of hydrogen-bond donors (Lipinski definition) is 1. The Labute approximate surface area is 281 Å². The Morgan fingerprint density at radius 1 is 1.07 bits per heavy atom. The molecule has 3 atom stereocenters. The van der Waals surface area contributed by atoms with Crippen LogP contribution in [-0.2, 0) is 7.05 Å². The summed E-state index contributed by atoms with van der Waals surface area (Å²) in [4.78, 5) is 24.4. The monoisotopic (exact) mass is 744 g/mol. The third kappa shape index (κ3) is 6.65. The molecule has 11 heteroatoms. The second-order valence-electron chi connectivity index (χ2n) is 12.5. The van der Waals surface area contributed by atoms with Crippen molar-refractivity contribution >= 4 is 46.2 Å². The van der Waals surface area contributed by atoms with Crippen LogP contribution in [-0.4, -0.2) is 58.6 Å². The molecule has 0 bridgehead atoms. The van der Waals surface area contributed by atoms with Crippen LogP contribution in [0.5, 0.6) is 0 Å². The maximum atomic E-state index is 15.2. The van der Waals surface area contributed by atoms with Crippen LogP contribution >= 0.6 is 22.6 Å². The van der Waals surface area contributed by atoms with Crippen LogP contribution in [0.1, 0.15) is 48.2 Å². The number of fused-ring (bicyclic) bond motifs is 1. The van der Waals surface area contributed by atoms with Gasteiger partial charge in [0, 0.05) is 63.1 Å². The zero-order chi connectivity index (χ0) is 32.7. The molecule has 4 heterocycles. The van der Waals surface area contributed by atoms with Gasteiger partial charge in [-0.1, -0.05) is 13.0 Å². The number of aromatic nitrogens is 2. The molecule has 0 amide bonds. The molecule has 46 heavy (non-hydrogen) atoms. The molecule has 2 aromatic heterocycles. The molecule has 1 saturated heterocycles. The van der Waals surface area contributed by atoms with Gasteiger partial charge in [0.1, 0.15) is 29.0 Å². The lowest BCUT2D eigenvalue weighted by atomic mass is 9.96. The standard InChI is InChI=1S/C35H40F3IN6O/c1-5-26(41-29-10-6-21(2)40-32(29)34(38)39)18-22-16-24-19-31(43(4)35(46)27(24)20-25(36)17-22)45-14-12-44(13-15-45)30-11-9-28(37)33(42(30)3)23-7-8-23/h6,9-11,16-17,19-20,22,26,34,41H,5,7-8,12-15,18H2,1-4H3/t22?,26-,34?/m1/s1. The molecule has 2 aliphatic carbocycles. The van der Waals surface area contributed by atoms with Crippen molar-refractivity contribution in [3.8, 4) is 0 Å². The normalized spacial score (nSPS) is 20.9. The molecule has 2 unspecified atom stereocenters. The van der Waals surface area contributed by atoms with Gasteiger partial charge in [-0.2, -0.15) is 0 Å². The first kappa shape index (κ1) is 32.5. The molecule has 0 radical (unpaired) electrons. The third-order valence-electron chi connectivity index (χ3n) is 9.25. The predicted molar refractivity (Wildman–Crippen MR) is 187 cm³/mol. The van der Waals surface area contributed by atoms with Gasteiger partial charge in [0.15, 0.2) is 4.18 Å². The van der Waals surface area contributed by atoms with Crippen molar-refractivity contribution in [3.63, 3.8) is 0 Å². The van der Waals surface area contributed by atoms with Gasteiger partial charge in [-0.3, -0.25) is 14.3 Å². The van der Waals surface area contributed by atoms with Gasteiger partial charge in [0.2, 0.25) is 0 Å². The van der Waals surface area contributed by atoms with Crippen molar-refractivity contribution in [2.45, 2.75) is 49.8 Å². The largest absolute Gasteiger partial charge is 0.381 e. The fraction of sp³-hybridized carbons (Fsp3) is 0.429. The number of rotatable bonds is 8. The molecular weight excluding hydrogens is 704 g/mol. The molecule has 6 rings (SSSR count). The molecule has 2 aromatic rings. The zero-order valence-corrected chi connectivity index (χ0v) is 28.8. The summed E-state index contributed by atoms with van der Waals surface area (Å²) in [5, 5.41) is 4.48. The van der Waals surface area contributed by atoms with Crippen molar-refractivity contribution < 1.29 is 13.2 Å². The van der Waals surface area contributed by atoms with Gasteiger partial charge < -0.3 is 20.0 Å². The molecule has 1 N–H and O–H groups in total. The van der Waals surface area contributed by atoms with E-state index in [9.17, 15) is 13.6 Å². The summed E-state index contributed by atoms with van der Waals surface area (Å²) in [5.41, 5.74) is 3.34. The fourth-order valence-corrected chi connectivity index (χ4v) is 7.13. The first-order valence-electron chi connectivity index (χ1n) is 15.9. The number of aryl methyl sites for hydroxylation is 1. The highest BCUT2D eigenvalue weighted by Crippen LogP contribution is 2.40. The number of anilines is 2. The van der Waals surface area contributed by atoms with Crippen LogP contribution in [0.2, 0.25) is 0 Å². The lowest BCUT2D eigenvalue weighted by Gasteiger charge is -2.42. The van der Waals surface area contributed by atoms with Gasteiger partial charge >= 0.3 is 0 Å². The van der Waals surface area contributed by atoms with Gasteiger partial charge in [-0.25, -0.2) is 13.2 Å². The lowest BCUT2D eigenvalue weighted by molar-refractivity contribution is 0.242. The lowest BCUT2D eigenvalue weighted by Crippen LogP contribution is -2.52. The summed E-state index contributed by atoms with van der Waals surface area (Å²) in [5.74, 6) is 0.848. The number of hydrogen-bond acceptors (Lipinski definition) is 6. The van der Waals surface area contributed by atoms with E-state index >= 15 is 4.39 Å². The van der Waals surface area contributed by atoms with Crippen LogP contribution in [0, 0.1) is 12.8 Å². The minimum atomic E-state index is -1.25. The molecule has 2 fully saturated rings. The number of likely N-dealkylation sites (N-methyl/N-ethyl adjacent to an activating group) is 1. The van der Waals surface area contributed by atoms with Gasteiger partial charge in [0.05, 0.1) is 11.4 Å². The minimum absolute atomic E-state index is 0.0732. The van der Waals surface area contributed by atoms with E-state index in [2.05, 4.69) is 20.1 Å². The van der Waals surface area contributed by atoms with E-state index in [0.29, 0.717) is 60.1 Å². The van der Waals surface area contributed by atoms with Crippen LogP contribution in [0.4, 0.5) is 24.7 Å². The van der Waals surface area contributed by atoms with E-state index in [1.807, 2.05) is 56.1 Å². The Bertz CT molecular complexity index is 1830. The summed E-state index contributed by atoms with van der Waals surface area (Å²) in [6.07, 6.45) is 11.5. The van der Waals surface area contributed by atoms with Gasteiger partial charge in [-0.15, -0.1) is 0 Å². The number of nitrogens with zero attached hydrogens (tertiary/aromatic N) is 5. The number of pyridine rings is 2. The van der Waals surface area contributed by atoms with Crippen LogP contribution < -0.4 is 26.2 Å². The number of alkyl halides is 2. The Balaban J connectivity index is 1.23. The Morgan fingerprint density at radius 3 is 2.46 bits per heavy atom. The minimum Gasteiger partial charge on any atom is -0.381 e. The van der Waals surface area contributed by atoms with Gasteiger partial charge in [-0.05, 0) is 108 Å². The molecule has 2 aliphatic heterocycles. The predicted octanol–water partition coefficient (Wildman–Crippen LogP) is 5.63. The fourth-order valence-electron chi connectivity index (χ4n) is 6.66. The highest BCUT2D eigenvalue weighted by molar-refractivity contribution is 14.1. The van der Waals surface area contributed by atoms with E-state index < -0.39 is 10.0 Å². The first-order chi connectivity index (χ1) is 22.0. The Morgan fingerprint density at radius 2 is 1.78 bits per heavy atom. The third-order valence-corrected chi connectivity index (χ3v) is 9.84. The molecule has 0 aromatic carbocycles. The van der Waals surface area contributed by atoms with Gasteiger partial charge in [0.25, 0.3) is 5.56 Å². The first-order valence-corrected chi connectivity index (χ1v) is 17.1. The average Bonchev–Trinajstić information content (AvgIpc) is 3.87. The number of halogens is 4. The van der Waals surface area contributed by atoms with Crippen molar-refractivity contribution in [3.05, 3.63) is 97.4 Å². The smallest absolute Gasteiger partial charge is 0.259 e. The van der Waals surface area contributed by atoms with Crippen LogP contribution in [0.25, 0.3) is 12.2 Å². The van der Waals surface area contributed by atoms with E-state index in [-0.39, 0.29) is 23.3 Å². The topological polar surface area (TPSA) is 56.6 Å². The summed E-state index contributed by atoms with van der Waals surface area (Å²) in [6.45, 7) is 6.65. The molecule has 244 valence electrons. The number of piperazine rings is 1. The Kier molecular flexibility index (Phi) is 9.40. The van der Waals surface area contributed by atoms with E-state index in [1.54, 1.807) is 46.4 Å². The second-order valence-corrected chi connectivity index (χ2v) is 13.6. The summed E-state index contributed by atoms with van der Waals surface area (Å²) >= 11 is 1.72. The second kappa shape index (κ2) is 13.3. The van der Waals surface area contributed by atoms with Crippen molar-refractivity contribution in [1.29, 1.82) is 0 Å². The number of nitrogens with one attached hydrogen (secondary N) is 1. The van der Waals surface area contributed by atoms with Crippen LogP contribution in [0.3, 0.4) is 0 Å². The average molecular weight is 745 g/mol. The van der Waals surface area contributed by atoms with Crippen molar-refractivity contribution in [2.75, 3.05) is 43.4 Å². The quantitative estimate of drug-likeness (QED) is 0.280. The SMILES string of the molecule is CC[C@H](CC1C=C(F)C=c2c(cc(N3CCN(C4=CC=C(F)C(=C5CC5)N4C)CC3)n(C)c2=O)=C1)Nc1ccc(C)nc1C(F)I. The summed E-state index contributed by atoms with van der Waals surface area (Å²) < 4.78 is 44.5. The molecule has 4 aliphatic rings. The molecular formula is C35H40F3IN6O. The molecule has 7 nitrogen and oxygen atoms in total. The van der Waals surface area contributed by atoms with Crippen molar-refractivity contribution in [1.82, 2.24) is 19.4 Å². The number of allylic oxidation sites excluding steroid dienone is 6. The highest BCUT2D eigenvalue weighted by Gasteiger charge is 2.31. The summed E-state index contributed by atoms with van der Waals surface area (Å²) in [7, 11) is 3.66. The van der Waals surface area contributed by atoms with Crippen LogP contribution in [0.15, 0.2) is 70.0 Å². The summed E-state index contributed by atoms with van der Waals surface area (Å²) in [6, 6.07) is 5.61. The Hall–Kier alpha value is -3.48. The molecule has 0 spiro atoms. The molecule has 1 saturated carbocycles.